The summed E-state index contributed by atoms with van der Waals surface area (Å²) >= 11 is 6.07. The highest BCUT2D eigenvalue weighted by atomic mass is 35.5. The molecule has 22 heavy (non-hydrogen) atoms. The zero-order chi connectivity index (χ0) is 16.5. The van der Waals surface area contributed by atoms with Gasteiger partial charge in [-0.15, -0.1) is 0 Å². The molecule has 0 saturated carbocycles. The maximum atomic E-state index is 11.8. The molecule has 0 saturated heterocycles. The van der Waals surface area contributed by atoms with Crippen molar-refractivity contribution in [2.24, 2.45) is 0 Å². The Labute approximate surface area is 133 Å². The fourth-order valence-corrected chi connectivity index (χ4v) is 1.91. The average Bonchev–Trinajstić information content (AvgIpc) is 2.49. The third kappa shape index (κ3) is 6.11. The number of benzene rings is 1. The van der Waals surface area contributed by atoms with Crippen molar-refractivity contribution in [3.8, 4) is 0 Å². The number of imide groups is 1. The van der Waals surface area contributed by atoms with Crippen molar-refractivity contribution in [3.63, 3.8) is 0 Å². The minimum absolute atomic E-state index is 0.0944. The van der Waals surface area contributed by atoms with Gasteiger partial charge in [0.25, 0.3) is 0 Å². The van der Waals surface area contributed by atoms with Crippen LogP contribution in [0.3, 0.4) is 0 Å². The molecule has 0 radical (unpaired) electrons. The molecule has 2 N–H and O–H groups in total. The van der Waals surface area contributed by atoms with Crippen LogP contribution in [0, 0.1) is 0 Å². The van der Waals surface area contributed by atoms with E-state index in [2.05, 4.69) is 15.4 Å². The monoisotopic (exact) mass is 327 g/mol. The molecule has 0 aromatic heterocycles. The molecular weight excluding hydrogens is 310 g/mol. The first-order chi connectivity index (χ1) is 10.5. The van der Waals surface area contributed by atoms with Crippen LogP contribution in [0.15, 0.2) is 24.3 Å². The minimum atomic E-state index is -0.610. The Morgan fingerprint density at radius 3 is 2.50 bits per heavy atom. The molecule has 0 atom stereocenters. The van der Waals surface area contributed by atoms with Crippen molar-refractivity contribution in [1.29, 1.82) is 0 Å². The maximum absolute atomic E-state index is 11.8. The summed E-state index contributed by atoms with van der Waals surface area (Å²) < 4.78 is 4.61. The second-order valence-electron chi connectivity index (χ2n) is 4.44. The van der Waals surface area contributed by atoms with Gasteiger partial charge in [0.15, 0.2) is 0 Å². The van der Waals surface area contributed by atoms with Gasteiger partial charge >= 0.3 is 12.0 Å². The van der Waals surface area contributed by atoms with Crippen LogP contribution in [0.25, 0.3) is 0 Å². The second kappa shape index (κ2) is 9.01. The summed E-state index contributed by atoms with van der Waals surface area (Å²) in [6.45, 7) is 0.0343. The number of ether oxygens (including phenoxy) is 1. The number of halogens is 1. The third-order valence-corrected chi connectivity index (χ3v) is 3.15. The lowest BCUT2D eigenvalue weighted by Crippen LogP contribution is -2.44. The normalized spacial score (nSPS) is 10.2. The summed E-state index contributed by atoms with van der Waals surface area (Å²) in [7, 11) is 2.67. The van der Waals surface area contributed by atoms with E-state index in [-0.39, 0.29) is 19.6 Å². The number of carbonyl (C=O) groups is 3. The van der Waals surface area contributed by atoms with Gasteiger partial charge in [0, 0.05) is 18.6 Å². The largest absolute Gasteiger partial charge is 0.468 e. The van der Waals surface area contributed by atoms with E-state index >= 15 is 0 Å². The first-order valence-corrected chi connectivity index (χ1v) is 6.88. The molecule has 0 aliphatic heterocycles. The highest BCUT2D eigenvalue weighted by molar-refractivity contribution is 6.31. The maximum Gasteiger partial charge on any atom is 0.321 e. The van der Waals surface area contributed by atoms with Crippen LogP contribution in [0.5, 0.6) is 0 Å². The number of hydrogen-bond acceptors (Lipinski definition) is 5. The molecule has 120 valence electrons. The van der Waals surface area contributed by atoms with E-state index in [1.54, 1.807) is 18.2 Å². The molecule has 0 aliphatic carbocycles. The summed E-state index contributed by atoms with van der Waals surface area (Å²) in [5.41, 5.74) is 0.765. The molecule has 1 rings (SSSR count). The van der Waals surface area contributed by atoms with Crippen molar-refractivity contribution in [1.82, 2.24) is 15.5 Å². The standard InChI is InChI=1S/C14H18ClN3O4/c1-16-14(21)17-12(19)8-18(9-13(20)22-2)7-10-5-3-4-6-11(10)15/h3-6H,7-9H2,1-2H3,(H2,16,17,19,21). The molecule has 3 amide bonds. The second-order valence-corrected chi connectivity index (χ2v) is 4.85. The van der Waals surface area contributed by atoms with Gasteiger partial charge < -0.3 is 10.1 Å². The highest BCUT2D eigenvalue weighted by Gasteiger charge is 2.17. The summed E-state index contributed by atoms with van der Waals surface area (Å²) in [5, 5.41) is 4.95. The summed E-state index contributed by atoms with van der Waals surface area (Å²) in [6.07, 6.45) is 0. The van der Waals surface area contributed by atoms with Crippen LogP contribution in [-0.2, 0) is 20.9 Å². The van der Waals surface area contributed by atoms with Crippen LogP contribution < -0.4 is 10.6 Å². The Morgan fingerprint density at radius 1 is 1.23 bits per heavy atom. The molecule has 0 bridgehead atoms. The van der Waals surface area contributed by atoms with Gasteiger partial charge in [-0.05, 0) is 11.6 Å². The van der Waals surface area contributed by atoms with E-state index in [0.29, 0.717) is 5.02 Å². The van der Waals surface area contributed by atoms with E-state index in [4.69, 9.17) is 11.6 Å². The predicted octanol–water partition coefficient (Wildman–Crippen LogP) is 0.771. The first kappa shape index (κ1) is 17.9. The Bertz CT molecular complexity index is 551. The van der Waals surface area contributed by atoms with Crippen molar-refractivity contribution in [3.05, 3.63) is 34.9 Å². The number of esters is 1. The van der Waals surface area contributed by atoms with Crippen LogP contribution in [0.1, 0.15) is 5.56 Å². The molecular formula is C14H18ClN3O4. The van der Waals surface area contributed by atoms with Gasteiger partial charge in [-0.2, -0.15) is 0 Å². The van der Waals surface area contributed by atoms with Crippen LogP contribution in [0.4, 0.5) is 4.79 Å². The van der Waals surface area contributed by atoms with Crippen LogP contribution in [-0.4, -0.2) is 50.1 Å². The van der Waals surface area contributed by atoms with Gasteiger partial charge in [0.1, 0.15) is 0 Å². The van der Waals surface area contributed by atoms with Gasteiger partial charge in [-0.3, -0.25) is 19.8 Å². The number of nitrogens with one attached hydrogen (secondary N) is 2. The van der Waals surface area contributed by atoms with E-state index in [1.165, 1.54) is 19.1 Å². The number of methoxy groups -OCH3 is 1. The van der Waals surface area contributed by atoms with Crippen LogP contribution in [0.2, 0.25) is 5.02 Å². The van der Waals surface area contributed by atoms with E-state index in [0.717, 1.165) is 5.56 Å². The van der Waals surface area contributed by atoms with Crippen molar-refractivity contribution >= 4 is 29.5 Å². The Balaban J connectivity index is 2.75. The fourth-order valence-electron chi connectivity index (χ4n) is 1.71. The number of rotatable bonds is 6. The van der Waals surface area contributed by atoms with Crippen molar-refractivity contribution < 1.29 is 19.1 Å². The predicted molar refractivity (Wildman–Crippen MR) is 81.3 cm³/mol. The number of carbonyl (C=O) groups excluding carboxylic acids is 3. The molecule has 1 aromatic rings. The number of hydrogen-bond donors (Lipinski definition) is 2. The highest BCUT2D eigenvalue weighted by Crippen LogP contribution is 2.16. The zero-order valence-corrected chi connectivity index (χ0v) is 13.1. The fraction of sp³-hybridized carbons (Fsp3) is 0.357. The van der Waals surface area contributed by atoms with Gasteiger partial charge in [0.2, 0.25) is 5.91 Å². The Hall–Kier alpha value is -2.12. The van der Waals surface area contributed by atoms with Crippen LogP contribution >= 0.6 is 11.6 Å². The molecule has 0 heterocycles. The summed E-state index contributed by atoms with van der Waals surface area (Å²) in [6, 6.07) is 6.50. The van der Waals surface area contributed by atoms with E-state index in [1.807, 2.05) is 6.07 Å². The number of urea groups is 1. The smallest absolute Gasteiger partial charge is 0.321 e. The minimum Gasteiger partial charge on any atom is -0.468 e. The summed E-state index contributed by atoms with van der Waals surface area (Å²) in [4.78, 5) is 35.9. The van der Waals surface area contributed by atoms with Crippen molar-refractivity contribution in [2.45, 2.75) is 6.54 Å². The first-order valence-electron chi connectivity index (χ1n) is 6.50. The van der Waals surface area contributed by atoms with Gasteiger partial charge in [0.05, 0.1) is 20.2 Å². The molecule has 1 aromatic carbocycles. The lowest BCUT2D eigenvalue weighted by atomic mass is 10.2. The van der Waals surface area contributed by atoms with Gasteiger partial charge in [-0.25, -0.2) is 4.79 Å². The SMILES string of the molecule is CNC(=O)NC(=O)CN(CC(=O)OC)Cc1ccccc1Cl. The summed E-state index contributed by atoms with van der Waals surface area (Å²) in [5.74, 6) is -1.02. The third-order valence-electron chi connectivity index (χ3n) is 2.78. The van der Waals surface area contributed by atoms with E-state index < -0.39 is 17.9 Å². The molecule has 0 unspecified atom stereocenters. The topological polar surface area (TPSA) is 87.7 Å². The van der Waals surface area contributed by atoms with Crippen molar-refractivity contribution in [2.75, 3.05) is 27.2 Å². The average molecular weight is 328 g/mol. The van der Waals surface area contributed by atoms with Gasteiger partial charge in [-0.1, -0.05) is 29.8 Å². The lowest BCUT2D eigenvalue weighted by Gasteiger charge is -2.20. The quantitative estimate of drug-likeness (QED) is 0.754. The Kier molecular flexibility index (Phi) is 7.34. The van der Waals surface area contributed by atoms with E-state index in [9.17, 15) is 14.4 Å². The number of amides is 3. The molecule has 8 heteroatoms. The zero-order valence-electron chi connectivity index (χ0n) is 12.4. The number of nitrogens with zero attached hydrogens (tertiary/aromatic N) is 1. The molecule has 0 spiro atoms. The molecule has 0 fully saturated rings. The Morgan fingerprint density at radius 2 is 1.91 bits per heavy atom. The molecule has 0 aliphatic rings. The molecule has 7 nitrogen and oxygen atoms in total. The lowest BCUT2D eigenvalue weighted by molar-refractivity contribution is -0.142.